The molecule has 1 aromatic heterocycles. The number of benzene rings is 1. The van der Waals surface area contributed by atoms with Crippen molar-refractivity contribution >= 4 is 0 Å². The molecule has 2 rings (SSSR count). The fourth-order valence-corrected chi connectivity index (χ4v) is 1.62. The Balaban J connectivity index is 2.27. The third-order valence-corrected chi connectivity index (χ3v) is 2.54. The number of aryl methyl sites for hydroxylation is 1. The van der Waals surface area contributed by atoms with Gasteiger partial charge in [0.2, 0.25) is 0 Å². The normalized spacial score (nSPS) is 10.2. The second kappa shape index (κ2) is 5.51. The molecule has 0 aliphatic carbocycles. The monoisotopic (exact) mass is 244 g/mol. The lowest BCUT2D eigenvalue weighted by Crippen LogP contribution is -1.99. The number of aromatic nitrogens is 1. The van der Waals surface area contributed by atoms with Crippen LogP contribution in [0.4, 0.5) is 0 Å². The van der Waals surface area contributed by atoms with Crippen molar-refractivity contribution in [2.45, 2.75) is 13.5 Å². The number of nitrogens with zero attached hydrogens (tertiary/aromatic N) is 1. The summed E-state index contributed by atoms with van der Waals surface area (Å²) in [4.78, 5) is 4.12. The first-order valence-electron chi connectivity index (χ1n) is 5.70. The molecule has 0 bridgehead atoms. The first-order valence-corrected chi connectivity index (χ1v) is 5.70. The SMILES string of the molecule is COc1cc(C)ccc1Oc1ccnc(CN)c1. The van der Waals surface area contributed by atoms with Crippen molar-refractivity contribution in [1.29, 1.82) is 0 Å². The van der Waals surface area contributed by atoms with Gasteiger partial charge in [-0.15, -0.1) is 0 Å². The van der Waals surface area contributed by atoms with Gasteiger partial charge in [-0.3, -0.25) is 4.98 Å². The summed E-state index contributed by atoms with van der Waals surface area (Å²) in [7, 11) is 1.62. The number of nitrogens with two attached hydrogens (primary N) is 1. The Morgan fingerprint density at radius 3 is 2.72 bits per heavy atom. The van der Waals surface area contributed by atoms with Crippen LogP contribution in [-0.2, 0) is 6.54 Å². The summed E-state index contributed by atoms with van der Waals surface area (Å²) < 4.78 is 11.1. The molecule has 0 saturated heterocycles. The first-order chi connectivity index (χ1) is 8.72. The Labute approximate surface area is 106 Å². The molecule has 0 aliphatic rings. The largest absolute Gasteiger partial charge is 0.493 e. The van der Waals surface area contributed by atoms with Gasteiger partial charge in [-0.1, -0.05) is 6.07 Å². The van der Waals surface area contributed by atoms with Crippen LogP contribution in [0.15, 0.2) is 36.5 Å². The summed E-state index contributed by atoms with van der Waals surface area (Å²) in [6.45, 7) is 2.40. The van der Waals surface area contributed by atoms with E-state index in [1.54, 1.807) is 19.4 Å². The van der Waals surface area contributed by atoms with Crippen LogP contribution < -0.4 is 15.2 Å². The molecule has 0 radical (unpaired) electrons. The van der Waals surface area contributed by atoms with E-state index in [4.69, 9.17) is 15.2 Å². The molecule has 1 heterocycles. The van der Waals surface area contributed by atoms with Gasteiger partial charge in [0.25, 0.3) is 0 Å². The third kappa shape index (κ3) is 2.78. The Hall–Kier alpha value is -2.07. The fourth-order valence-electron chi connectivity index (χ4n) is 1.62. The van der Waals surface area contributed by atoms with E-state index >= 15 is 0 Å². The van der Waals surface area contributed by atoms with Crippen LogP contribution >= 0.6 is 0 Å². The van der Waals surface area contributed by atoms with E-state index < -0.39 is 0 Å². The van der Waals surface area contributed by atoms with Gasteiger partial charge in [-0.05, 0) is 30.7 Å². The number of hydrogen-bond acceptors (Lipinski definition) is 4. The maximum atomic E-state index is 5.78. The smallest absolute Gasteiger partial charge is 0.169 e. The van der Waals surface area contributed by atoms with Gasteiger partial charge in [0.05, 0.1) is 12.8 Å². The summed E-state index contributed by atoms with van der Waals surface area (Å²) >= 11 is 0. The molecule has 0 fully saturated rings. The Morgan fingerprint density at radius 1 is 1.17 bits per heavy atom. The van der Waals surface area contributed by atoms with Crippen molar-refractivity contribution in [3.63, 3.8) is 0 Å². The van der Waals surface area contributed by atoms with E-state index in [-0.39, 0.29) is 0 Å². The molecular formula is C14H16N2O2. The van der Waals surface area contributed by atoms with Crippen LogP contribution in [0.1, 0.15) is 11.3 Å². The van der Waals surface area contributed by atoms with Gasteiger partial charge in [0.15, 0.2) is 11.5 Å². The summed E-state index contributed by atoms with van der Waals surface area (Å²) in [5.74, 6) is 2.09. The van der Waals surface area contributed by atoms with Crippen molar-refractivity contribution in [1.82, 2.24) is 4.98 Å². The van der Waals surface area contributed by atoms with E-state index in [0.29, 0.717) is 23.8 Å². The number of ether oxygens (including phenoxy) is 2. The predicted octanol–water partition coefficient (Wildman–Crippen LogP) is 2.65. The average Bonchev–Trinajstić information content (AvgIpc) is 2.41. The topological polar surface area (TPSA) is 57.4 Å². The molecule has 0 amide bonds. The zero-order valence-electron chi connectivity index (χ0n) is 10.5. The highest BCUT2D eigenvalue weighted by Crippen LogP contribution is 2.32. The molecule has 2 aromatic rings. The number of hydrogen-bond donors (Lipinski definition) is 1. The lowest BCUT2D eigenvalue weighted by molar-refractivity contribution is 0.378. The molecule has 0 spiro atoms. The molecule has 0 unspecified atom stereocenters. The van der Waals surface area contributed by atoms with Gasteiger partial charge in [-0.2, -0.15) is 0 Å². The van der Waals surface area contributed by atoms with Gasteiger partial charge < -0.3 is 15.2 Å². The van der Waals surface area contributed by atoms with Gasteiger partial charge in [0, 0.05) is 18.8 Å². The minimum Gasteiger partial charge on any atom is -0.493 e. The van der Waals surface area contributed by atoms with Gasteiger partial charge in [0.1, 0.15) is 5.75 Å². The zero-order valence-corrected chi connectivity index (χ0v) is 10.5. The van der Waals surface area contributed by atoms with Crippen LogP contribution in [0.2, 0.25) is 0 Å². The first kappa shape index (κ1) is 12.4. The molecular weight excluding hydrogens is 228 g/mol. The van der Waals surface area contributed by atoms with E-state index in [1.807, 2.05) is 31.2 Å². The lowest BCUT2D eigenvalue weighted by Gasteiger charge is -2.11. The van der Waals surface area contributed by atoms with Crippen LogP contribution in [-0.4, -0.2) is 12.1 Å². The summed E-state index contributed by atoms with van der Waals surface area (Å²) in [6.07, 6.45) is 1.68. The highest BCUT2D eigenvalue weighted by Gasteiger charge is 2.06. The van der Waals surface area contributed by atoms with E-state index in [9.17, 15) is 0 Å². The molecule has 0 saturated carbocycles. The quantitative estimate of drug-likeness (QED) is 0.898. The standard InChI is InChI=1S/C14H16N2O2/c1-10-3-4-13(14(7-10)17-2)18-12-5-6-16-11(8-12)9-15/h3-8H,9,15H2,1-2H3. The molecule has 4 heteroatoms. The second-order valence-electron chi connectivity index (χ2n) is 3.94. The minimum absolute atomic E-state index is 0.391. The average molecular weight is 244 g/mol. The molecule has 94 valence electrons. The van der Waals surface area contributed by atoms with Crippen LogP contribution in [0.5, 0.6) is 17.2 Å². The van der Waals surface area contributed by atoms with Gasteiger partial charge in [-0.25, -0.2) is 0 Å². The molecule has 2 N–H and O–H groups in total. The lowest BCUT2D eigenvalue weighted by atomic mass is 10.2. The number of methoxy groups -OCH3 is 1. The molecule has 0 atom stereocenters. The van der Waals surface area contributed by atoms with Crippen molar-refractivity contribution in [2.75, 3.05) is 7.11 Å². The summed E-state index contributed by atoms with van der Waals surface area (Å²) in [6, 6.07) is 9.40. The maximum Gasteiger partial charge on any atom is 0.169 e. The highest BCUT2D eigenvalue weighted by molar-refractivity contribution is 5.45. The van der Waals surface area contributed by atoms with Crippen molar-refractivity contribution in [3.05, 3.63) is 47.8 Å². The van der Waals surface area contributed by atoms with Crippen molar-refractivity contribution < 1.29 is 9.47 Å². The highest BCUT2D eigenvalue weighted by atomic mass is 16.5. The van der Waals surface area contributed by atoms with Crippen molar-refractivity contribution in [3.8, 4) is 17.2 Å². The van der Waals surface area contributed by atoms with Crippen LogP contribution in [0.3, 0.4) is 0 Å². The van der Waals surface area contributed by atoms with E-state index in [0.717, 1.165) is 11.3 Å². The number of pyridine rings is 1. The third-order valence-electron chi connectivity index (χ3n) is 2.54. The minimum atomic E-state index is 0.391. The number of rotatable bonds is 4. The predicted molar refractivity (Wildman–Crippen MR) is 69.9 cm³/mol. The Morgan fingerprint density at radius 2 is 2.00 bits per heavy atom. The fraction of sp³-hybridized carbons (Fsp3) is 0.214. The Bertz CT molecular complexity index is 541. The maximum absolute atomic E-state index is 5.78. The zero-order chi connectivity index (χ0) is 13.0. The molecule has 1 aromatic carbocycles. The molecule has 0 aliphatic heterocycles. The summed E-state index contributed by atoms with van der Waals surface area (Å²) in [5.41, 5.74) is 7.46. The van der Waals surface area contributed by atoms with E-state index in [2.05, 4.69) is 4.98 Å². The Kier molecular flexibility index (Phi) is 3.79. The van der Waals surface area contributed by atoms with Crippen LogP contribution in [0, 0.1) is 6.92 Å². The van der Waals surface area contributed by atoms with Crippen molar-refractivity contribution in [2.24, 2.45) is 5.73 Å². The van der Waals surface area contributed by atoms with Crippen LogP contribution in [0.25, 0.3) is 0 Å². The van der Waals surface area contributed by atoms with Gasteiger partial charge >= 0.3 is 0 Å². The molecule has 4 nitrogen and oxygen atoms in total. The van der Waals surface area contributed by atoms with E-state index in [1.165, 1.54) is 0 Å². The second-order valence-corrected chi connectivity index (χ2v) is 3.94. The molecule has 18 heavy (non-hydrogen) atoms. The summed E-state index contributed by atoms with van der Waals surface area (Å²) in [5, 5.41) is 0.